The van der Waals surface area contributed by atoms with Gasteiger partial charge in [-0.15, -0.1) is 0 Å². The van der Waals surface area contributed by atoms with Gasteiger partial charge >= 0.3 is 0 Å². The Hall–Kier alpha value is 0.180. The third kappa shape index (κ3) is 3.33. The van der Waals surface area contributed by atoms with Crippen molar-refractivity contribution < 1.29 is 0 Å². The van der Waals surface area contributed by atoms with E-state index in [2.05, 4.69) is 76.9 Å². The Bertz CT molecular complexity index is 310. The normalized spacial score (nSPS) is 12.1. The molecule has 0 radical (unpaired) electrons. The SMILES string of the molecule is Cc1ccc(CC(CBr)(CBr)C(C)C)cc1. The second kappa shape index (κ2) is 6.20. The van der Waals surface area contributed by atoms with Gasteiger partial charge in [0.1, 0.15) is 0 Å². The quantitative estimate of drug-likeness (QED) is 0.659. The predicted octanol–water partition coefficient (Wildman–Crippen LogP) is 4.97. The van der Waals surface area contributed by atoms with Crippen molar-refractivity contribution >= 4 is 31.9 Å². The molecule has 2 heteroatoms. The molecule has 0 fully saturated rings. The van der Waals surface area contributed by atoms with Gasteiger partial charge in [0.2, 0.25) is 0 Å². The Kier molecular flexibility index (Phi) is 5.52. The van der Waals surface area contributed by atoms with E-state index in [1.54, 1.807) is 0 Å². The van der Waals surface area contributed by atoms with Gasteiger partial charge in [-0.2, -0.15) is 0 Å². The molecule has 0 aromatic heterocycles. The summed E-state index contributed by atoms with van der Waals surface area (Å²) in [5.74, 6) is 0.660. The average molecular weight is 348 g/mol. The molecule has 0 aliphatic rings. The lowest BCUT2D eigenvalue weighted by molar-refractivity contribution is 0.268. The van der Waals surface area contributed by atoms with E-state index >= 15 is 0 Å². The lowest BCUT2D eigenvalue weighted by Gasteiger charge is -2.34. The molecule has 0 unspecified atom stereocenters. The summed E-state index contributed by atoms with van der Waals surface area (Å²) >= 11 is 7.35. The molecule has 0 atom stereocenters. The third-order valence-corrected chi connectivity index (χ3v) is 5.67. The minimum atomic E-state index is 0.315. The van der Waals surface area contributed by atoms with Crippen LogP contribution in [0.3, 0.4) is 0 Å². The van der Waals surface area contributed by atoms with E-state index in [1.165, 1.54) is 11.1 Å². The van der Waals surface area contributed by atoms with E-state index < -0.39 is 0 Å². The molecule has 1 aromatic rings. The molecule has 0 saturated carbocycles. The Morgan fingerprint density at radius 3 is 1.94 bits per heavy atom. The van der Waals surface area contributed by atoms with Crippen molar-refractivity contribution in [1.82, 2.24) is 0 Å². The van der Waals surface area contributed by atoms with E-state index in [-0.39, 0.29) is 0 Å². The van der Waals surface area contributed by atoms with Crippen LogP contribution < -0.4 is 0 Å². The Labute approximate surface area is 116 Å². The first-order valence-electron chi connectivity index (χ1n) is 5.71. The van der Waals surface area contributed by atoms with Gasteiger partial charge in [-0.25, -0.2) is 0 Å². The smallest absolute Gasteiger partial charge is 0.0102 e. The first kappa shape index (κ1) is 14.2. The van der Waals surface area contributed by atoms with Gasteiger partial charge in [0.15, 0.2) is 0 Å². The molecule has 16 heavy (non-hydrogen) atoms. The predicted molar refractivity (Wildman–Crippen MR) is 79.7 cm³/mol. The van der Waals surface area contributed by atoms with Gasteiger partial charge in [-0.1, -0.05) is 75.5 Å². The van der Waals surface area contributed by atoms with E-state index in [9.17, 15) is 0 Å². The molecule has 0 heterocycles. The summed E-state index contributed by atoms with van der Waals surface area (Å²) in [5, 5.41) is 2.08. The van der Waals surface area contributed by atoms with Crippen molar-refractivity contribution in [3.05, 3.63) is 35.4 Å². The monoisotopic (exact) mass is 346 g/mol. The molecule has 0 spiro atoms. The number of benzene rings is 1. The molecule has 0 bridgehead atoms. The summed E-state index contributed by atoms with van der Waals surface area (Å²) in [6, 6.07) is 8.89. The van der Waals surface area contributed by atoms with Gasteiger partial charge in [-0.05, 0) is 30.2 Å². The van der Waals surface area contributed by atoms with Crippen molar-refractivity contribution in [2.45, 2.75) is 27.2 Å². The lowest BCUT2D eigenvalue weighted by Crippen LogP contribution is -2.33. The van der Waals surface area contributed by atoms with Crippen LogP contribution in [0.2, 0.25) is 0 Å². The second-order valence-electron chi connectivity index (χ2n) is 4.95. The fourth-order valence-corrected chi connectivity index (χ4v) is 4.38. The lowest BCUT2D eigenvalue weighted by atomic mass is 9.76. The molecular formula is C14H20Br2. The molecule has 1 rings (SSSR count). The van der Waals surface area contributed by atoms with E-state index in [1.807, 2.05) is 0 Å². The topological polar surface area (TPSA) is 0 Å². The van der Waals surface area contributed by atoms with Gasteiger partial charge in [0, 0.05) is 10.7 Å². The van der Waals surface area contributed by atoms with E-state index in [0.29, 0.717) is 11.3 Å². The van der Waals surface area contributed by atoms with Crippen LogP contribution in [-0.2, 0) is 6.42 Å². The summed E-state index contributed by atoms with van der Waals surface area (Å²) in [6.45, 7) is 6.74. The van der Waals surface area contributed by atoms with Crippen LogP contribution in [0.25, 0.3) is 0 Å². The highest BCUT2D eigenvalue weighted by Crippen LogP contribution is 2.35. The molecule has 0 amide bonds. The van der Waals surface area contributed by atoms with Crippen molar-refractivity contribution in [2.24, 2.45) is 11.3 Å². The maximum atomic E-state index is 3.68. The summed E-state index contributed by atoms with van der Waals surface area (Å²) in [4.78, 5) is 0. The summed E-state index contributed by atoms with van der Waals surface area (Å²) in [5.41, 5.74) is 3.07. The third-order valence-electron chi connectivity index (χ3n) is 3.43. The molecule has 1 aromatic carbocycles. The Morgan fingerprint density at radius 2 is 1.56 bits per heavy atom. The number of aryl methyl sites for hydroxylation is 1. The van der Waals surface area contributed by atoms with Crippen LogP contribution in [0, 0.1) is 18.3 Å². The standard InChI is InChI=1S/C14H20Br2/c1-11(2)14(9-15,10-16)8-13-6-4-12(3)5-7-13/h4-7,11H,8-10H2,1-3H3. The Morgan fingerprint density at radius 1 is 1.06 bits per heavy atom. The van der Waals surface area contributed by atoms with Crippen LogP contribution in [-0.4, -0.2) is 10.7 Å². The molecule has 0 aliphatic carbocycles. The molecule has 0 nitrogen and oxygen atoms in total. The first-order chi connectivity index (χ1) is 7.54. The largest absolute Gasteiger partial charge is 0.0921 e. The minimum absolute atomic E-state index is 0.315. The highest BCUT2D eigenvalue weighted by molar-refractivity contribution is 9.09. The zero-order valence-electron chi connectivity index (χ0n) is 10.3. The van der Waals surface area contributed by atoms with Crippen LogP contribution in [0.1, 0.15) is 25.0 Å². The fourth-order valence-electron chi connectivity index (χ4n) is 1.76. The van der Waals surface area contributed by atoms with E-state index in [4.69, 9.17) is 0 Å². The minimum Gasteiger partial charge on any atom is -0.0921 e. The first-order valence-corrected chi connectivity index (χ1v) is 7.96. The van der Waals surface area contributed by atoms with Crippen molar-refractivity contribution in [1.29, 1.82) is 0 Å². The van der Waals surface area contributed by atoms with Gasteiger partial charge in [0.05, 0.1) is 0 Å². The zero-order valence-corrected chi connectivity index (χ0v) is 13.4. The molecule has 0 aliphatic heterocycles. The highest BCUT2D eigenvalue weighted by Gasteiger charge is 2.31. The van der Waals surface area contributed by atoms with Crippen molar-refractivity contribution in [3.8, 4) is 0 Å². The zero-order chi connectivity index (χ0) is 12.2. The maximum absolute atomic E-state index is 3.68. The number of hydrogen-bond acceptors (Lipinski definition) is 0. The Balaban J connectivity index is 2.87. The van der Waals surface area contributed by atoms with Crippen LogP contribution in [0.15, 0.2) is 24.3 Å². The van der Waals surface area contributed by atoms with Crippen LogP contribution in [0.4, 0.5) is 0 Å². The van der Waals surface area contributed by atoms with Gasteiger partial charge < -0.3 is 0 Å². The molecule has 0 saturated heterocycles. The summed E-state index contributed by atoms with van der Waals surface area (Å²) < 4.78 is 0. The molecular weight excluding hydrogens is 328 g/mol. The highest BCUT2D eigenvalue weighted by atomic mass is 79.9. The van der Waals surface area contributed by atoms with Crippen LogP contribution in [0.5, 0.6) is 0 Å². The maximum Gasteiger partial charge on any atom is 0.0102 e. The van der Waals surface area contributed by atoms with E-state index in [0.717, 1.165) is 17.1 Å². The van der Waals surface area contributed by atoms with Gasteiger partial charge in [-0.3, -0.25) is 0 Å². The molecule has 0 N–H and O–H groups in total. The van der Waals surface area contributed by atoms with Crippen molar-refractivity contribution in [2.75, 3.05) is 10.7 Å². The van der Waals surface area contributed by atoms with Crippen LogP contribution >= 0.6 is 31.9 Å². The number of rotatable bonds is 5. The number of halogens is 2. The summed E-state index contributed by atoms with van der Waals surface area (Å²) in [7, 11) is 0. The fraction of sp³-hybridized carbons (Fsp3) is 0.571. The number of hydrogen-bond donors (Lipinski definition) is 0. The van der Waals surface area contributed by atoms with Gasteiger partial charge in [0.25, 0.3) is 0 Å². The number of alkyl halides is 2. The molecule has 90 valence electrons. The second-order valence-corrected chi connectivity index (χ2v) is 6.07. The van der Waals surface area contributed by atoms with Crippen molar-refractivity contribution in [3.63, 3.8) is 0 Å². The average Bonchev–Trinajstić information content (AvgIpc) is 2.28. The summed E-state index contributed by atoms with van der Waals surface area (Å²) in [6.07, 6.45) is 1.13.